The highest BCUT2D eigenvalue weighted by Crippen LogP contribution is 2.33. The fourth-order valence-corrected chi connectivity index (χ4v) is 3.25. The smallest absolute Gasteiger partial charge is 0.219 e. The monoisotopic (exact) mass is 432 g/mol. The zero-order valence-corrected chi connectivity index (χ0v) is 19.6. The number of aryl methyl sites for hydroxylation is 2. The van der Waals surface area contributed by atoms with Gasteiger partial charge in [-0.15, -0.1) is 6.42 Å². The zero-order valence-electron chi connectivity index (χ0n) is 19.6. The van der Waals surface area contributed by atoms with Crippen molar-refractivity contribution in [3.05, 3.63) is 77.7 Å². The van der Waals surface area contributed by atoms with Gasteiger partial charge in [-0.3, -0.25) is 0 Å². The first-order valence-electron chi connectivity index (χ1n) is 10.6. The summed E-state index contributed by atoms with van der Waals surface area (Å²) in [7, 11) is 1.84. The normalized spacial score (nSPS) is 19.8. The van der Waals surface area contributed by atoms with Gasteiger partial charge in [-0.1, -0.05) is 51.1 Å². The minimum Gasteiger partial charge on any atom is -0.509 e. The molecule has 0 unspecified atom stereocenters. The number of nitrogens with zero attached hydrogens (tertiary/aromatic N) is 2. The molecule has 3 rings (SSSR count). The van der Waals surface area contributed by atoms with Gasteiger partial charge in [-0.25, -0.2) is 4.68 Å². The van der Waals surface area contributed by atoms with Crippen molar-refractivity contribution >= 4 is 5.57 Å². The Morgan fingerprint density at radius 2 is 2.00 bits per heavy atom. The lowest BCUT2D eigenvalue weighted by atomic mass is 9.95. The van der Waals surface area contributed by atoms with E-state index in [1.165, 1.54) is 0 Å². The Labute approximate surface area is 191 Å². The lowest BCUT2D eigenvalue weighted by Crippen LogP contribution is -2.21. The van der Waals surface area contributed by atoms with Crippen LogP contribution in [0.5, 0.6) is 5.88 Å². The molecule has 2 heterocycles. The van der Waals surface area contributed by atoms with Crippen molar-refractivity contribution in [2.45, 2.75) is 33.8 Å². The number of fused-ring (bicyclic) bond motifs is 4. The molecule has 1 aliphatic rings. The molecular formula is C27H32N2O3. The van der Waals surface area contributed by atoms with Crippen LogP contribution in [0.3, 0.4) is 0 Å². The van der Waals surface area contributed by atoms with Crippen LogP contribution >= 0.6 is 0 Å². The van der Waals surface area contributed by atoms with Crippen LogP contribution in [0.4, 0.5) is 0 Å². The van der Waals surface area contributed by atoms with E-state index in [0.717, 1.165) is 27.8 Å². The van der Waals surface area contributed by atoms with Crippen LogP contribution in [0.25, 0.3) is 16.7 Å². The summed E-state index contributed by atoms with van der Waals surface area (Å²) in [5.41, 5.74) is 5.51. The lowest BCUT2D eigenvalue weighted by molar-refractivity contribution is 0.0539. The third-order valence-electron chi connectivity index (χ3n) is 4.94. The first-order valence-corrected chi connectivity index (χ1v) is 10.6. The van der Waals surface area contributed by atoms with Gasteiger partial charge in [0.05, 0.1) is 18.4 Å². The van der Waals surface area contributed by atoms with Gasteiger partial charge < -0.3 is 14.6 Å². The minimum absolute atomic E-state index is 0.00836. The van der Waals surface area contributed by atoms with Gasteiger partial charge in [0.15, 0.2) is 0 Å². The van der Waals surface area contributed by atoms with Crippen LogP contribution in [0.2, 0.25) is 0 Å². The molecule has 0 radical (unpaired) electrons. The summed E-state index contributed by atoms with van der Waals surface area (Å²) in [5.74, 6) is 3.14. The Morgan fingerprint density at radius 1 is 1.28 bits per heavy atom. The Hall–Kier alpha value is -3.49. The van der Waals surface area contributed by atoms with Gasteiger partial charge in [0.2, 0.25) is 5.88 Å². The third-order valence-corrected chi connectivity index (χ3v) is 4.94. The third kappa shape index (κ3) is 5.60. The summed E-state index contributed by atoms with van der Waals surface area (Å²) < 4.78 is 13.5. The molecule has 2 bridgehead atoms. The first-order chi connectivity index (χ1) is 15.3. The number of aliphatic hydroxyl groups is 1. The molecule has 5 nitrogen and oxygen atoms in total. The average molecular weight is 433 g/mol. The Kier molecular flexibility index (Phi) is 8.69. The molecule has 2 aromatic rings. The van der Waals surface area contributed by atoms with Crippen molar-refractivity contribution in [3.63, 3.8) is 0 Å². The largest absolute Gasteiger partial charge is 0.509 e. The summed E-state index contributed by atoms with van der Waals surface area (Å²) >= 11 is 0. The molecule has 1 N–H and O–H groups in total. The van der Waals surface area contributed by atoms with Gasteiger partial charge in [0.1, 0.15) is 18.5 Å². The van der Waals surface area contributed by atoms with E-state index < -0.39 is 0 Å². The van der Waals surface area contributed by atoms with Crippen molar-refractivity contribution in [1.29, 1.82) is 0 Å². The molecule has 168 valence electrons. The number of terminal acetylenes is 1. The molecule has 32 heavy (non-hydrogen) atoms. The standard InChI is InChI=1S/C25H26N2O3.C2H6/c1-7-16(2)21-11-9-18(4)22-12-20(10-8-17(22)3)23-13-26-27(6)25(23)30-19(5)14-29-15-24(21)28;1-2/h1,8-13,19,28H,2,4,14-15H2,3,5-6H3;1-2H3/b11-9+,24-21-;/t19-;/m0./s1. The first kappa shape index (κ1) is 24.8. The van der Waals surface area contributed by atoms with E-state index in [9.17, 15) is 5.11 Å². The summed E-state index contributed by atoms with van der Waals surface area (Å²) in [5, 5.41) is 14.9. The summed E-state index contributed by atoms with van der Waals surface area (Å²) in [6, 6.07) is 6.14. The topological polar surface area (TPSA) is 56.5 Å². The molecule has 1 aromatic carbocycles. The number of benzene rings is 1. The highest BCUT2D eigenvalue weighted by atomic mass is 16.5. The van der Waals surface area contributed by atoms with Crippen molar-refractivity contribution in [3.8, 4) is 29.4 Å². The number of aromatic nitrogens is 2. The van der Waals surface area contributed by atoms with Gasteiger partial charge in [0.25, 0.3) is 0 Å². The molecule has 0 fully saturated rings. The molecule has 0 amide bonds. The number of hydrogen-bond donors (Lipinski definition) is 1. The fourth-order valence-electron chi connectivity index (χ4n) is 3.25. The van der Waals surface area contributed by atoms with E-state index in [-0.39, 0.29) is 25.1 Å². The second-order valence-electron chi connectivity index (χ2n) is 7.30. The Bertz CT molecular complexity index is 1100. The zero-order chi connectivity index (χ0) is 23.8. The summed E-state index contributed by atoms with van der Waals surface area (Å²) in [6.45, 7) is 16.2. The van der Waals surface area contributed by atoms with E-state index in [2.05, 4.69) is 30.2 Å². The SMILES string of the molecule is C#CC(=C)C1=C(\O)COC[C@H](C)Oc2c(cnn2C)-c2ccc(C)c(c2)C(=C)\C=C\1.CC. The van der Waals surface area contributed by atoms with E-state index in [1.807, 2.05) is 53.0 Å². The maximum atomic E-state index is 10.5. The lowest BCUT2D eigenvalue weighted by Gasteiger charge is -2.17. The quantitative estimate of drug-likeness (QED) is 0.580. The highest BCUT2D eigenvalue weighted by molar-refractivity contribution is 5.80. The number of ether oxygens (including phenoxy) is 2. The van der Waals surface area contributed by atoms with E-state index in [1.54, 1.807) is 17.0 Å². The number of hydrogen-bond acceptors (Lipinski definition) is 4. The van der Waals surface area contributed by atoms with Gasteiger partial charge in [0, 0.05) is 18.2 Å². The second kappa shape index (κ2) is 11.2. The van der Waals surface area contributed by atoms with Crippen molar-refractivity contribution in [2.75, 3.05) is 13.2 Å². The fraction of sp³-hybridized carbons (Fsp3) is 0.296. The average Bonchev–Trinajstić information content (AvgIpc) is 3.14. The van der Waals surface area contributed by atoms with Gasteiger partial charge >= 0.3 is 0 Å². The van der Waals surface area contributed by atoms with Crippen molar-refractivity contribution in [1.82, 2.24) is 9.78 Å². The minimum atomic E-state index is -0.258. The van der Waals surface area contributed by atoms with E-state index >= 15 is 0 Å². The maximum Gasteiger partial charge on any atom is 0.219 e. The second-order valence-corrected chi connectivity index (χ2v) is 7.30. The Morgan fingerprint density at radius 3 is 2.69 bits per heavy atom. The molecule has 1 aromatic heterocycles. The molecule has 0 spiro atoms. The summed E-state index contributed by atoms with van der Waals surface area (Å²) in [6.07, 6.45) is 10.6. The molecule has 1 atom stereocenters. The van der Waals surface area contributed by atoms with Crippen molar-refractivity contribution in [2.24, 2.45) is 7.05 Å². The molecule has 1 aliphatic heterocycles. The number of allylic oxidation sites excluding steroid dienone is 5. The molecule has 0 saturated heterocycles. The predicted molar refractivity (Wildman–Crippen MR) is 131 cm³/mol. The van der Waals surface area contributed by atoms with Gasteiger partial charge in [-0.05, 0) is 48.3 Å². The summed E-state index contributed by atoms with van der Waals surface area (Å²) in [4.78, 5) is 0. The predicted octanol–water partition coefficient (Wildman–Crippen LogP) is 5.79. The van der Waals surface area contributed by atoms with Crippen LogP contribution < -0.4 is 4.74 Å². The molecule has 5 heteroatoms. The van der Waals surface area contributed by atoms with E-state index in [0.29, 0.717) is 17.0 Å². The molecular weight excluding hydrogens is 400 g/mol. The van der Waals surface area contributed by atoms with Crippen molar-refractivity contribution < 1.29 is 14.6 Å². The van der Waals surface area contributed by atoms with Crippen LogP contribution in [0.1, 0.15) is 31.9 Å². The van der Waals surface area contributed by atoms with Crippen LogP contribution in [0.15, 0.2) is 66.6 Å². The number of rotatable bonds is 1. The highest BCUT2D eigenvalue weighted by Gasteiger charge is 2.17. The van der Waals surface area contributed by atoms with Gasteiger partial charge in [-0.2, -0.15) is 5.10 Å². The Balaban J connectivity index is 0.00000176. The number of aliphatic hydroxyl groups excluding tert-OH is 1. The van der Waals surface area contributed by atoms with Crippen LogP contribution in [-0.4, -0.2) is 34.2 Å². The molecule has 0 saturated carbocycles. The maximum absolute atomic E-state index is 10.5. The molecule has 0 aliphatic carbocycles. The van der Waals surface area contributed by atoms with Crippen LogP contribution in [0, 0.1) is 19.3 Å². The van der Waals surface area contributed by atoms with E-state index in [4.69, 9.17) is 15.9 Å². The van der Waals surface area contributed by atoms with Crippen LogP contribution in [-0.2, 0) is 11.8 Å².